The van der Waals surface area contributed by atoms with Crippen molar-refractivity contribution in [3.63, 3.8) is 0 Å². The van der Waals surface area contributed by atoms with Crippen LogP contribution in [0.15, 0.2) is 44.7 Å². The molecule has 0 N–H and O–H groups in total. The van der Waals surface area contributed by atoms with Crippen molar-refractivity contribution in [3.8, 4) is 0 Å². The molecule has 0 spiro atoms. The fourth-order valence-corrected chi connectivity index (χ4v) is 1.55. The number of hydrogen-bond donors (Lipinski definition) is 0. The number of hydrogen-bond acceptors (Lipinski definition) is 5. The average Bonchev–Trinajstić information content (AvgIpc) is 2.43. The topological polar surface area (TPSA) is 68.9 Å². The highest BCUT2D eigenvalue weighted by Gasteiger charge is 2.09. The molecule has 0 atom stereocenters. The first kappa shape index (κ1) is 13.0. The van der Waals surface area contributed by atoms with E-state index < -0.39 is 11.6 Å². The maximum atomic E-state index is 11.8. The summed E-state index contributed by atoms with van der Waals surface area (Å²) in [5.41, 5.74) is 0.589. The molecule has 0 aliphatic rings. The molecule has 19 heavy (non-hydrogen) atoms. The molecule has 0 fully saturated rings. The van der Waals surface area contributed by atoms with Crippen LogP contribution in [0.5, 0.6) is 0 Å². The van der Waals surface area contributed by atoms with E-state index in [9.17, 15) is 9.59 Å². The molecule has 0 unspecified atom stereocenters. The van der Waals surface area contributed by atoms with E-state index in [1.807, 2.05) is 12.1 Å². The van der Waals surface area contributed by atoms with Gasteiger partial charge in [0.2, 0.25) is 0 Å². The summed E-state index contributed by atoms with van der Waals surface area (Å²) in [5.74, 6) is -0.454. The van der Waals surface area contributed by atoms with Gasteiger partial charge in [-0.05, 0) is 19.1 Å². The molecule has 98 valence electrons. The van der Waals surface area contributed by atoms with Gasteiger partial charge in [0, 0.05) is 11.8 Å². The van der Waals surface area contributed by atoms with Crippen LogP contribution in [-0.2, 0) is 9.63 Å². The lowest BCUT2D eigenvalue weighted by Gasteiger charge is -2.01. The number of carbonyl (C=O) groups is 1. The molecule has 1 aromatic heterocycles. The van der Waals surface area contributed by atoms with Crippen molar-refractivity contribution in [1.29, 1.82) is 0 Å². The quantitative estimate of drug-likeness (QED) is 0.367. The third kappa shape index (κ3) is 2.88. The van der Waals surface area contributed by atoms with Gasteiger partial charge in [0.1, 0.15) is 5.58 Å². The van der Waals surface area contributed by atoms with Gasteiger partial charge < -0.3 is 9.25 Å². The normalized spacial score (nSPS) is 11.6. The second kappa shape index (κ2) is 5.48. The van der Waals surface area contributed by atoms with E-state index in [1.165, 1.54) is 0 Å². The molecule has 0 radical (unpaired) electrons. The van der Waals surface area contributed by atoms with Gasteiger partial charge >= 0.3 is 11.6 Å². The molecule has 5 nitrogen and oxygen atoms in total. The summed E-state index contributed by atoms with van der Waals surface area (Å²) in [4.78, 5) is 27.5. The van der Waals surface area contributed by atoms with Crippen molar-refractivity contribution in [1.82, 2.24) is 0 Å². The minimum atomic E-state index is -0.507. The number of oxime groups is 1. The molecule has 1 heterocycles. The molecular weight excluding hydrogens is 246 g/mol. The number of carbonyl (C=O) groups excluding carboxylic acids is 1. The van der Waals surface area contributed by atoms with E-state index >= 15 is 0 Å². The van der Waals surface area contributed by atoms with Crippen molar-refractivity contribution >= 4 is 22.7 Å². The monoisotopic (exact) mass is 259 g/mol. The van der Waals surface area contributed by atoms with E-state index in [-0.39, 0.29) is 12.0 Å². The van der Waals surface area contributed by atoms with Gasteiger partial charge in [-0.2, -0.15) is 0 Å². The number of nitrogens with zero attached hydrogens (tertiary/aromatic N) is 1. The van der Waals surface area contributed by atoms with Crippen molar-refractivity contribution in [3.05, 3.63) is 46.3 Å². The molecule has 0 saturated heterocycles. The van der Waals surface area contributed by atoms with Gasteiger partial charge in [0.05, 0.1) is 11.3 Å². The van der Waals surface area contributed by atoms with Crippen molar-refractivity contribution in [2.75, 3.05) is 0 Å². The Hall–Kier alpha value is -2.43. The lowest BCUT2D eigenvalue weighted by Crippen LogP contribution is -2.13. The molecule has 0 aliphatic carbocycles. The molecule has 0 aliphatic heterocycles. The van der Waals surface area contributed by atoms with Crippen molar-refractivity contribution < 1.29 is 14.0 Å². The third-order valence-electron chi connectivity index (χ3n) is 2.60. The lowest BCUT2D eigenvalue weighted by atomic mass is 10.1. The van der Waals surface area contributed by atoms with Crippen LogP contribution < -0.4 is 5.63 Å². The first-order valence-corrected chi connectivity index (χ1v) is 5.89. The highest BCUT2D eigenvalue weighted by molar-refractivity contribution is 6.00. The van der Waals surface area contributed by atoms with Crippen LogP contribution in [0.25, 0.3) is 11.0 Å². The Labute approximate surface area is 109 Å². The number of para-hydroxylation sites is 1. The average molecular weight is 259 g/mol. The standard InChI is InChI=1S/C14H13NO4/c1-3-13(16)19-15-9(2)11-8-10-6-4-5-7-12(10)18-14(11)17/h4-8H,3H2,1-2H3/b15-9-. The van der Waals surface area contributed by atoms with Crippen molar-refractivity contribution in [2.24, 2.45) is 5.16 Å². The Morgan fingerprint density at radius 2 is 2.11 bits per heavy atom. The highest BCUT2D eigenvalue weighted by Crippen LogP contribution is 2.13. The maximum absolute atomic E-state index is 11.8. The SMILES string of the molecule is CCC(=O)O/N=C(/C)c1cc2ccccc2oc1=O. The molecular formula is C14H13NO4. The summed E-state index contributed by atoms with van der Waals surface area (Å²) in [7, 11) is 0. The van der Waals surface area contributed by atoms with E-state index in [0.717, 1.165) is 5.39 Å². The number of benzene rings is 1. The molecule has 2 rings (SSSR count). The van der Waals surface area contributed by atoms with Crippen molar-refractivity contribution in [2.45, 2.75) is 20.3 Å². The smallest absolute Gasteiger partial charge is 0.345 e. The largest absolute Gasteiger partial charge is 0.422 e. The molecule has 2 aromatic rings. The molecule has 0 amide bonds. The minimum Gasteiger partial charge on any atom is -0.422 e. The summed E-state index contributed by atoms with van der Waals surface area (Å²) in [6.07, 6.45) is 0.225. The maximum Gasteiger partial charge on any atom is 0.345 e. The Morgan fingerprint density at radius 1 is 1.37 bits per heavy atom. The van der Waals surface area contributed by atoms with Gasteiger partial charge in [-0.25, -0.2) is 9.59 Å². The summed E-state index contributed by atoms with van der Waals surface area (Å²) < 4.78 is 5.17. The second-order valence-electron chi connectivity index (χ2n) is 3.98. The molecule has 5 heteroatoms. The number of fused-ring (bicyclic) bond motifs is 1. The first-order chi connectivity index (χ1) is 9.11. The van der Waals surface area contributed by atoms with Crippen LogP contribution in [0.2, 0.25) is 0 Å². The molecule has 1 aromatic carbocycles. The Balaban J connectivity index is 2.42. The van der Waals surface area contributed by atoms with Crippen LogP contribution in [0.1, 0.15) is 25.8 Å². The fraction of sp³-hybridized carbons (Fsp3) is 0.214. The Kier molecular flexibility index (Phi) is 3.75. The van der Waals surface area contributed by atoms with E-state index in [4.69, 9.17) is 4.42 Å². The van der Waals surface area contributed by atoms with Gasteiger partial charge in [-0.1, -0.05) is 30.3 Å². The summed E-state index contributed by atoms with van der Waals surface area (Å²) >= 11 is 0. The van der Waals surface area contributed by atoms with Gasteiger partial charge in [-0.3, -0.25) is 0 Å². The summed E-state index contributed by atoms with van der Waals surface area (Å²) in [6, 6.07) is 8.83. The third-order valence-corrected chi connectivity index (χ3v) is 2.60. The van der Waals surface area contributed by atoms with Crippen LogP contribution >= 0.6 is 0 Å². The minimum absolute atomic E-state index is 0.225. The zero-order valence-corrected chi connectivity index (χ0v) is 10.7. The highest BCUT2D eigenvalue weighted by atomic mass is 16.7. The van der Waals surface area contributed by atoms with Gasteiger partial charge in [0.25, 0.3) is 0 Å². The Morgan fingerprint density at radius 3 is 2.84 bits per heavy atom. The van der Waals surface area contributed by atoms with Gasteiger partial charge in [0.15, 0.2) is 0 Å². The van der Waals surface area contributed by atoms with Crippen LogP contribution in [0.4, 0.5) is 0 Å². The summed E-state index contributed by atoms with van der Waals surface area (Å²) in [6.45, 7) is 3.25. The molecule has 0 bridgehead atoms. The first-order valence-electron chi connectivity index (χ1n) is 5.89. The van der Waals surface area contributed by atoms with E-state index in [1.54, 1.807) is 32.0 Å². The fourth-order valence-electron chi connectivity index (χ4n) is 1.55. The zero-order valence-electron chi connectivity index (χ0n) is 10.7. The Bertz CT molecular complexity index is 700. The second-order valence-corrected chi connectivity index (χ2v) is 3.98. The predicted molar refractivity (Wildman–Crippen MR) is 71.1 cm³/mol. The van der Waals surface area contributed by atoms with Crippen LogP contribution in [-0.4, -0.2) is 11.7 Å². The van der Waals surface area contributed by atoms with E-state index in [0.29, 0.717) is 11.3 Å². The number of rotatable bonds is 3. The molecule has 0 saturated carbocycles. The van der Waals surface area contributed by atoms with Crippen LogP contribution in [0, 0.1) is 0 Å². The van der Waals surface area contributed by atoms with E-state index in [2.05, 4.69) is 9.99 Å². The van der Waals surface area contributed by atoms with Gasteiger partial charge in [-0.15, -0.1) is 0 Å². The lowest BCUT2D eigenvalue weighted by molar-refractivity contribution is -0.143. The zero-order chi connectivity index (χ0) is 13.8. The summed E-state index contributed by atoms with van der Waals surface area (Å²) in [5, 5.41) is 4.43. The predicted octanol–water partition coefficient (Wildman–Crippen LogP) is 2.47. The van der Waals surface area contributed by atoms with Crippen LogP contribution in [0.3, 0.4) is 0 Å².